The van der Waals surface area contributed by atoms with Gasteiger partial charge in [-0.25, -0.2) is 4.98 Å². The lowest BCUT2D eigenvalue weighted by Crippen LogP contribution is -2.40. The Bertz CT molecular complexity index is 351. The highest BCUT2D eigenvalue weighted by molar-refractivity contribution is 7.11. The van der Waals surface area contributed by atoms with Crippen LogP contribution in [-0.2, 0) is 11.3 Å². The predicted octanol–water partition coefficient (Wildman–Crippen LogP) is 2.74. The molecule has 0 bridgehead atoms. The highest BCUT2D eigenvalue weighted by Gasteiger charge is 2.24. The number of rotatable bonds is 4. The van der Waals surface area contributed by atoms with E-state index in [9.17, 15) is 0 Å². The van der Waals surface area contributed by atoms with E-state index in [0.717, 1.165) is 31.0 Å². The summed E-state index contributed by atoms with van der Waals surface area (Å²) in [6.45, 7) is 8.36. The first kappa shape index (κ1) is 13.0. The molecule has 0 aromatic carbocycles. The molecule has 1 fully saturated rings. The van der Waals surface area contributed by atoms with Crippen LogP contribution in [0.4, 0.5) is 0 Å². The zero-order valence-corrected chi connectivity index (χ0v) is 11.7. The van der Waals surface area contributed by atoms with Crippen molar-refractivity contribution in [3.05, 3.63) is 16.1 Å². The molecule has 1 saturated heterocycles. The molecule has 2 atom stereocenters. The summed E-state index contributed by atoms with van der Waals surface area (Å²) in [6.07, 6.45) is 4.66. The van der Waals surface area contributed by atoms with Gasteiger partial charge < -0.3 is 10.1 Å². The Morgan fingerprint density at radius 2 is 2.41 bits per heavy atom. The third kappa shape index (κ3) is 3.76. The molecular weight excluding hydrogens is 232 g/mol. The molecule has 0 amide bonds. The van der Waals surface area contributed by atoms with E-state index < -0.39 is 0 Å². The highest BCUT2D eigenvalue weighted by atomic mass is 32.1. The number of thiazole rings is 1. The van der Waals surface area contributed by atoms with Crippen molar-refractivity contribution < 1.29 is 4.74 Å². The van der Waals surface area contributed by atoms with Crippen LogP contribution in [-0.4, -0.2) is 23.7 Å². The van der Waals surface area contributed by atoms with Crippen LogP contribution >= 0.6 is 11.3 Å². The molecule has 96 valence electrons. The summed E-state index contributed by atoms with van der Waals surface area (Å²) < 4.78 is 5.78. The standard InChI is InChI=1S/C13H22N2OS/c1-9(2)13-6-11(4-5-16-13)15-8-12-7-14-10(3)17-12/h7,9,11,13,15H,4-6,8H2,1-3H3. The second-order valence-corrected chi connectivity index (χ2v) is 6.42. The van der Waals surface area contributed by atoms with E-state index in [1.54, 1.807) is 11.3 Å². The minimum Gasteiger partial charge on any atom is -0.378 e. The molecule has 2 unspecified atom stereocenters. The predicted molar refractivity (Wildman–Crippen MR) is 71.3 cm³/mol. The van der Waals surface area contributed by atoms with Crippen molar-refractivity contribution in [1.82, 2.24) is 10.3 Å². The van der Waals surface area contributed by atoms with Gasteiger partial charge in [0.2, 0.25) is 0 Å². The molecule has 1 aromatic rings. The van der Waals surface area contributed by atoms with Gasteiger partial charge in [-0.1, -0.05) is 13.8 Å². The summed E-state index contributed by atoms with van der Waals surface area (Å²) in [5.41, 5.74) is 0. The minimum absolute atomic E-state index is 0.421. The zero-order chi connectivity index (χ0) is 12.3. The first-order valence-corrected chi connectivity index (χ1v) is 7.23. The summed E-state index contributed by atoms with van der Waals surface area (Å²) in [7, 11) is 0. The third-order valence-corrected chi connectivity index (χ3v) is 4.21. The van der Waals surface area contributed by atoms with Crippen LogP contribution in [0, 0.1) is 12.8 Å². The quantitative estimate of drug-likeness (QED) is 0.897. The lowest BCUT2D eigenvalue weighted by atomic mass is 9.95. The normalized spacial score (nSPS) is 25.4. The van der Waals surface area contributed by atoms with Crippen molar-refractivity contribution in [2.45, 2.75) is 52.3 Å². The van der Waals surface area contributed by atoms with Gasteiger partial charge in [-0.3, -0.25) is 0 Å². The van der Waals surface area contributed by atoms with Crippen LogP contribution in [0.2, 0.25) is 0 Å². The highest BCUT2D eigenvalue weighted by Crippen LogP contribution is 2.21. The molecule has 17 heavy (non-hydrogen) atoms. The van der Waals surface area contributed by atoms with Gasteiger partial charge in [0.25, 0.3) is 0 Å². The molecular formula is C13H22N2OS. The van der Waals surface area contributed by atoms with Crippen LogP contribution in [0.5, 0.6) is 0 Å². The molecule has 1 aliphatic heterocycles. The number of nitrogens with one attached hydrogen (secondary N) is 1. The van der Waals surface area contributed by atoms with E-state index in [4.69, 9.17) is 4.74 Å². The Labute approximate surface area is 108 Å². The van der Waals surface area contributed by atoms with E-state index in [1.165, 1.54) is 4.88 Å². The van der Waals surface area contributed by atoms with Gasteiger partial charge in [-0.2, -0.15) is 0 Å². The van der Waals surface area contributed by atoms with Crippen LogP contribution in [0.15, 0.2) is 6.20 Å². The maximum atomic E-state index is 5.78. The van der Waals surface area contributed by atoms with E-state index in [1.807, 2.05) is 6.20 Å². The second kappa shape index (κ2) is 5.94. The fourth-order valence-electron chi connectivity index (χ4n) is 2.21. The molecule has 3 nitrogen and oxygen atoms in total. The number of ether oxygens (including phenoxy) is 1. The molecule has 1 aromatic heterocycles. The Morgan fingerprint density at radius 3 is 3.06 bits per heavy atom. The monoisotopic (exact) mass is 254 g/mol. The Morgan fingerprint density at radius 1 is 1.59 bits per heavy atom. The van der Waals surface area contributed by atoms with Crippen molar-refractivity contribution >= 4 is 11.3 Å². The Balaban J connectivity index is 1.79. The largest absolute Gasteiger partial charge is 0.378 e. The van der Waals surface area contributed by atoms with Gasteiger partial charge >= 0.3 is 0 Å². The molecule has 1 aliphatic rings. The maximum absolute atomic E-state index is 5.78. The third-order valence-electron chi connectivity index (χ3n) is 3.29. The average Bonchev–Trinajstić information content (AvgIpc) is 2.73. The maximum Gasteiger partial charge on any atom is 0.0897 e. The van der Waals surface area contributed by atoms with Crippen molar-refractivity contribution in [3.8, 4) is 0 Å². The molecule has 2 heterocycles. The van der Waals surface area contributed by atoms with Gasteiger partial charge in [0, 0.05) is 30.3 Å². The number of hydrogen-bond acceptors (Lipinski definition) is 4. The molecule has 1 N–H and O–H groups in total. The van der Waals surface area contributed by atoms with Crippen molar-refractivity contribution in [1.29, 1.82) is 0 Å². The summed E-state index contributed by atoms with van der Waals surface area (Å²) in [5, 5.41) is 4.77. The lowest BCUT2D eigenvalue weighted by Gasteiger charge is -2.32. The molecule has 2 rings (SSSR count). The molecule has 0 spiro atoms. The fourth-order valence-corrected chi connectivity index (χ4v) is 2.96. The Kier molecular flexibility index (Phi) is 4.54. The second-order valence-electron chi connectivity index (χ2n) is 5.10. The van der Waals surface area contributed by atoms with Gasteiger partial charge in [0.15, 0.2) is 0 Å². The fraction of sp³-hybridized carbons (Fsp3) is 0.769. The zero-order valence-electron chi connectivity index (χ0n) is 10.9. The summed E-state index contributed by atoms with van der Waals surface area (Å²) in [4.78, 5) is 5.61. The van der Waals surface area contributed by atoms with Gasteiger partial charge in [-0.05, 0) is 25.7 Å². The van der Waals surface area contributed by atoms with Crippen LogP contribution in [0.25, 0.3) is 0 Å². The summed E-state index contributed by atoms with van der Waals surface area (Å²) >= 11 is 1.78. The lowest BCUT2D eigenvalue weighted by molar-refractivity contribution is -0.0245. The van der Waals surface area contributed by atoms with Crippen LogP contribution in [0.3, 0.4) is 0 Å². The molecule has 4 heteroatoms. The minimum atomic E-state index is 0.421. The van der Waals surface area contributed by atoms with Gasteiger partial charge in [0.1, 0.15) is 0 Å². The van der Waals surface area contributed by atoms with Crippen molar-refractivity contribution in [2.75, 3.05) is 6.61 Å². The smallest absolute Gasteiger partial charge is 0.0897 e. The van der Waals surface area contributed by atoms with E-state index in [0.29, 0.717) is 18.1 Å². The van der Waals surface area contributed by atoms with Crippen molar-refractivity contribution in [2.24, 2.45) is 5.92 Å². The summed E-state index contributed by atoms with van der Waals surface area (Å²) in [5.74, 6) is 0.616. The number of aromatic nitrogens is 1. The first-order chi connectivity index (χ1) is 8.15. The van der Waals surface area contributed by atoms with Crippen LogP contribution in [0.1, 0.15) is 36.6 Å². The Hall–Kier alpha value is -0.450. The van der Waals surface area contributed by atoms with Gasteiger partial charge in [-0.15, -0.1) is 11.3 Å². The summed E-state index contributed by atoms with van der Waals surface area (Å²) in [6, 6.07) is 0.596. The van der Waals surface area contributed by atoms with E-state index >= 15 is 0 Å². The van der Waals surface area contributed by atoms with Crippen molar-refractivity contribution in [3.63, 3.8) is 0 Å². The number of aryl methyl sites for hydroxylation is 1. The SMILES string of the molecule is Cc1ncc(CNC2CCOC(C(C)C)C2)s1. The number of nitrogens with zero attached hydrogens (tertiary/aromatic N) is 1. The molecule has 0 saturated carbocycles. The van der Waals surface area contributed by atoms with E-state index in [-0.39, 0.29) is 0 Å². The van der Waals surface area contributed by atoms with Gasteiger partial charge in [0.05, 0.1) is 11.1 Å². The average molecular weight is 254 g/mol. The molecule has 0 radical (unpaired) electrons. The topological polar surface area (TPSA) is 34.2 Å². The first-order valence-electron chi connectivity index (χ1n) is 6.41. The number of hydrogen-bond donors (Lipinski definition) is 1. The van der Waals surface area contributed by atoms with Crippen LogP contribution < -0.4 is 5.32 Å². The molecule has 0 aliphatic carbocycles. The van der Waals surface area contributed by atoms with E-state index in [2.05, 4.69) is 31.1 Å².